The number of carbonyl (C=O) groups excluding carboxylic acids is 1. The van der Waals surface area contributed by atoms with Gasteiger partial charge in [0.05, 0.1) is 46.2 Å². The molecule has 29 heavy (non-hydrogen) atoms. The molecular weight excluding hydrogens is 372 g/mol. The molecule has 0 unspecified atom stereocenters. The van der Waals surface area contributed by atoms with E-state index in [1.54, 1.807) is 0 Å². The fraction of sp³-hybridized carbons (Fsp3) is 0.957. The van der Waals surface area contributed by atoms with Gasteiger partial charge in [-0.1, -0.05) is 58.8 Å². The van der Waals surface area contributed by atoms with Crippen molar-refractivity contribution < 1.29 is 28.5 Å². The Labute approximate surface area is 178 Å². The number of hydrogen-bond acceptors (Lipinski definition) is 6. The normalized spacial score (nSPS) is 11.1. The van der Waals surface area contributed by atoms with Gasteiger partial charge in [0.1, 0.15) is 0 Å². The molecule has 0 saturated heterocycles. The summed E-state index contributed by atoms with van der Waals surface area (Å²) in [6.45, 7) is 9.79. The zero-order chi connectivity index (χ0) is 21.3. The lowest BCUT2D eigenvalue weighted by Gasteiger charge is -2.08. The second-order valence-electron chi connectivity index (χ2n) is 7.25. The summed E-state index contributed by atoms with van der Waals surface area (Å²) in [6.07, 6.45) is 11.9. The Morgan fingerprint density at radius 2 is 0.897 bits per heavy atom. The fourth-order valence-electron chi connectivity index (χ4n) is 2.68. The topological polar surface area (TPSA) is 63.2 Å². The predicted octanol–water partition coefficient (Wildman–Crippen LogP) is 4.93. The molecule has 0 spiro atoms. The average molecular weight is 419 g/mol. The minimum atomic E-state index is -0.126. The van der Waals surface area contributed by atoms with E-state index in [-0.39, 0.29) is 5.97 Å². The number of rotatable bonds is 24. The molecule has 0 heterocycles. The van der Waals surface area contributed by atoms with Crippen LogP contribution in [0.15, 0.2) is 0 Å². The molecule has 0 aromatic heterocycles. The van der Waals surface area contributed by atoms with Gasteiger partial charge in [-0.05, 0) is 19.3 Å². The Morgan fingerprint density at radius 3 is 1.45 bits per heavy atom. The van der Waals surface area contributed by atoms with Gasteiger partial charge in [-0.15, -0.1) is 0 Å². The maximum atomic E-state index is 11.5. The largest absolute Gasteiger partial charge is 0.466 e. The summed E-state index contributed by atoms with van der Waals surface area (Å²) < 4.78 is 27.1. The Balaban J connectivity index is 3.08. The summed E-state index contributed by atoms with van der Waals surface area (Å²) in [4.78, 5) is 11.5. The van der Waals surface area contributed by atoms with Gasteiger partial charge in [0, 0.05) is 19.6 Å². The monoisotopic (exact) mass is 418 g/mol. The first-order valence-corrected chi connectivity index (χ1v) is 11.8. The summed E-state index contributed by atoms with van der Waals surface area (Å²) in [7, 11) is 0. The van der Waals surface area contributed by atoms with Crippen LogP contribution >= 0.6 is 0 Å². The molecule has 0 N–H and O–H groups in total. The quantitative estimate of drug-likeness (QED) is 0.164. The summed E-state index contributed by atoms with van der Waals surface area (Å²) in [5.41, 5.74) is 0. The van der Waals surface area contributed by atoms with Crippen LogP contribution in [0, 0.1) is 0 Å². The van der Waals surface area contributed by atoms with Crippen LogP contribution in [0.4, 0.5) is 0 Å². The third-order valence-corrected chi connectivity index (χ3v) is 4.44. The number of carbonyl (C=O) groups is 1. The molecule has 0 aliphatic heterocycles. The third kappa shape index (κ3) is 25.3. The molecule has 0 aromatic rings. The van der Waals surface area contributed by atoms with Crippen LogP contribution in [-0.2, 0) is 28.5 Å². The van der Waals surface area contributed by atoms with Crippen molar-refractivity contribution in [3.8, 4) is 0 Å². The fourth-order valence-corrected chi connectivity index (χ4v) is 2.68. The number of esters is 1. The molecule has 0 atom stereocenters. The van der Waals surface area contributed by atoms with E-state index in [0.29, 0.717) is 65.7 Å². The zero-order valence-electron chi connectivity index (χ0n) is 19.1. The maximum Gasteiger partial charge on any atom is 0.305 e. The van der Waals surface area contributed by atoms with Crippen LogP contribution in [-0.4, -0.2) is 65.4 Å². The summed E-state index contributed by atoms with van der Waals surface area (Å²) >= 11 is 0. The molecule has 0 radical (unpaired) electrons. The summed E-state index contributed by atoms with van der Waals surface area (Å²) in [5.74, 6) is -0.126. The molecular formula is C23H46O6. The first kappa shape index (κ1) is 28.3. The molecule has 0 aliphatic rings. The summed E-state index contributed by atoms with van der Waals surface area (Å²) in [6, 6.07) is 0. The molecule has 174 valence electrons. The van der Waals surface area contributed by atoms with Gasteiger partial charge >= 0.3 is 5.97 Å². The molecule has 0 aromatic carbocycles. The van der Waals surface area contributed by atoms with Gasteiger partial charge in [-0.2, -0.15) is 0 Å². The minimum Gasteiger partial charge on any atom is -0.466 e. The molecule has 0 saturated carbocycles. The maximum absolute atomic E-state index is 11.5. The van der Waals surface area contributed by atoms with E-state index in [9.17, 15) is 4.79 Å². The molecule has 0 amide bonds. The van der Waals surface area contributed by atoms with Crippen LogP contribution in [0.1, 0.15) is 84.5 Å². The van der Waals surface area contributed by atoms with Gasteiger partial charge in [0.2, 0.25) is 0 Å². The average Bonchev–Trinajstić information content (AvgIpc) is 2.72. The zero-order valence-corrected chi connectivity index (χ0v) is 19.1. The van der Waals surface area contributed by atoms with Gasteiger partial charge in [0.25, 0.3) is 0 Å². The SMILES string of the molecule is CCCCCCCOCCOCCOCCOCCCC(=O)OCCCCCC. The molecule has 6 heteroatoms. The Hall–Kier alpha value is -0.690. The van der Waals surface area contributed by atoms with Gasteiger partial charge in [-0.3, -0.25) is 4.79 Å². The lowest BCUT2D eigenvalue weighted by Crippen LogP contribution is -2.12. The van der Waals surface area contributed by atoms with Crippen molar-refractivity contribution in [2.24, 2.45) is 0 Å². The van der Waals surface area contributed by atoms with E-state index in [4.69, 9.17) is 23.7 Å². The third-order valence-electron chi connectivity index (χ3n) is 4.44. The van der Waals surface area contributed by atoms with E-state index in [0.717, 1.165) is 25.9 Å². The second kappa shape index (κ2) is 25.3. The van der Waals surface area contributed by atoms with Crippen molar-refractivity contribution in [1.29, 1.82) is 0 Å². The van der Waals surface area contributed by atoms with E-state index < -0.39 is 0 Å². The molecule has 6 nitrogen and oxygen atoms in total. The van der Waals surface area contributed by atoms with E-state index in [1.165, 1.54) is 38.5 Å². The molecule has 0 rings (SSSR count). The van der Waals surface area contributed by atoms with Crippen LogP contribution in [0.2, 0.25) is 0 Å². The number of unbranched alkanes of at least 4 members (excludes halogenated alkanes) is 7. The van der Waals surface area contributed by atoms with Crippen molar-refractivity contribution in [1.82, 2.24) is 0 Å². The van der Waals surface area contributed by atoms with Crippen LogP contribution in [0.5, 0.6) is 0 Å². The highest BCUT2D eigenvalue weighted by Gasteiger charge is 2.02. The molecule has 0 bridgehead atoms. The van der Waals surface area contributed by atoms with Crippen molar-refractivity contribution in [2.45, 2.75) is 84.5 Å². The van der Waals surface area contributed by atoms with Crippen molar-refractivity contribution in [3.63, 3.8) is 0 Å². The van der Waals surface area contributed by atoms with Gasteiger partial charge < -0.3 is 23.7 Å². The molecule has 0 aliphatic carbocycles. The van der Waals surface area contributed by atoms with Crippen LogP contribution in [0.25, 0.3) is 0 Å². The number of hydrogen-bond donors (Lipinski definition) is 0. The first-order chi connectivity index (χ1) is 14.3. The smallest absolute Gasteiger partial charge is 0.305 e. The van der Waals surface area contributed by atoms with Gasteiger partial charge in [0.15, 0.2) is 0 Å². The lowest BCUT2D eigenvalue weighted by molar-refractivity contribution is -0.144. The second-order valence-corrected chi connectivity index (χ2v) is 7.25. The standard InChI is InChI=1S/C23H46O6/c1-3-5-7-9-10-14-25-17-19-27-21-22-28-20-18-26-15-12-13-23(24)29-16-11-8-6-4-2/h3-22H2,1-2H3. The minimum absolute atomic E-state index is 0.126. The van der Waals surface area contributed by atoms with Crippen molar-refractivity contribution >= 4 is 5.97 Å². The van der Waals surface area contributed by atoms with Crippen molar-refractivity contribution in [2.75, 3.05) is 59.5 Å². The Bertz CT molecular complexity index is 324. The van der Waals surface area contributed by atoms with E-state index >= 15 is 0 Å². The highest BCUT2D eigenvalue weighted by molar-refractivity contribution is 5.69. The van der Waals surface area contributed by atoms with E-state index in [2.05, 4.69) is 13.8 Å². The first-order valence-electron chi connectivity index (χ1n) is 11.8. The molecule has 0 fully saturated rings. The lowest BCUT2D eigenvalue weighted by atomic mass is 10.2. The van der Waals surface area contributed by atoms with E-state index in [1.807, 2.05) is 0 Å². The van der Waals surface area contributed by atoms with Crippen molar-refractivity contribution in [3.05, 3.63) is 0 Å². The van der Waals surface area contributed by atoms with Gasteiger partial charge in [-0.25, -0.2) is 0 Å². The summed E-state index contributed by atoms with van der Waals surface area (Å²) in [5, 5.41) is 0. The Morgan fingerprint density at radius 1 is 0.483 bits per heavy atom. The highest BCUT2D eigenvalue weighted by atomic mass is 16.6. The highest BCUT2D eigenvalue weighted by Crippen LogP contribution is 2.02. The Kier molecular flexibility index (Phi) is 24.7. The predicted molar refractivity (Wildman–Crippen MR) is 116 cm³/mol. The van der Waals surface area contributed by atoms with Crippen LogP contribution in [0.3, 0.4) is 0 Å². The number of ether oxygens (including phenoxy) is 5. The van der Waals surface area contributed by atoms with Crippen LogP contribution < -0.4 is 0 Å².